The number of hydrogen-bond acceptors (Lipinski definition) is 0. The summed E-state index contributed by atoms with van der Waals surface area (Å²) in [7, 11) is 6.10. The Morgan fingerprint density at radius 2 is 1.44 bits per heavy atom. The summed E-state index contributed by atoms with van der Waals surface area (Å²) in [6, 6.07) is 19.4. The first-order valence-electron chi connectivity index (χ1n) is 5.35. The van der Waals surface area contributed by atoms with Crippen molar-refractivity contribution in [1.29, 1.82) is 0 Å². The molecule has 0 aliphatic heterocycles. The Balaban J connectivity index is 2.46. The molecular weight excluding hydrogens is 228 g/mol. The molecule has 0 amide bonds. The zero-order chi connectivity index (χ0) is 11.0. The van der Waals surface area contributed by atoms with E-state index in [-0.39, 0.29) is 0 Å². The number of fused-ring (bicyclic) bond motifs is 2. The number of rotatable bonds is 1. The van der Waals surface area contributed by atoms with Crippen LogP contribution in [0.3, 0.4) is 0 Å². The molecule has 0 heterocycles. The van der Waals surface area contributed by atoms with Crippen molar-refractivity contribution in [2.24, 2.45) is 0 Å². The minimum Gasteiger partial charge on any atom is -0.336 e. The molecule has 0 nitrogen and oxygen atoms in total. The number of benzene rings is 3. The third-order valence-electron chi connectivity index (χ3n) is 2.98. The van der Waals surface area contributed by atoms with Gasteiger partial charge in [-0.25, -0.2) is 0 Å². The lowest BCUT2D eigenvalue weighted by Gasteiger charge is -2.06. The molecule has 0 bridgehead atoms. The van der Waals surface area contributed by atoms with Crippen molar-refractivity contribution in [2.75, 3.05) is 0 Å². The summed E-state index contributed by atoms with van der Waals surface area (Å²) in [6.07, 6.45) is 0. The predicted octanol–water partition coefficient (Wildman–Crippen LogP) is 3.48. The highest BCUT2D eigenvalue weighted by molar-refractivity contribution is 7.02. The monoisotopic (exact) mass is 236 g/mol. The van der Waals surface area contributed by atoms with E-state index in [1.54, 1.807) is 0 Å². The first-order valence-corrected chi connectivity index (χ1v) is 8.19. The summed E-state index contributed by atoms with van der Waals surface area (Å²) >= 11 is -0.625. The summed E-state index contributed by atoms with van der Waals surface area (Å²) in [5, 5.41) is 5.21. The van der Waals surface area contributed by atoms with Crippen LogP contribution in [-0.4, -0.2) is 19.3 Å². The predicted molar refractivity (Wildman–Crippen MR) is 72.7 cm³/mol. The summed E-state index contributed by atoms with van der Waals surface area (Å²) in [5.41, 5.74) is 0. The van der Waals surface area contributed by atoms with E-state index in [0.717, 1.165) is 0 Å². The van der Waals surface area contributed by atoms with Crippen LogP contribution >= 0.6 is 9.07 Å². The lowest BCUT2D eigenvalue weighted by atomic mass is 10.0. The molecule has 0 saturated heterocycles. The second-order valence-corrected chi connectivity index (χ2v) is 5.80. The van der Waals surface area contributed by atoms with Crippen molar-refractivity contribution in [3.63, 3.8) is 0 Å². The first kappa shape index (κ1) is 10.4. The van der Waals surface area contributed by atoms with Crippen molar-refractivity contribution in [3.8, 4) is 0 Å². The fourth-order valence-electron chi connectivity index (χ4n) is 2.15. The minimum atomic E-state index is -0.625. The standard InChI is InChI=1S/C14H9.ClH.Mg/c1-2-6-12-10-14-8-4-3-7-13(14)9-11(12)5-1;;/h1-7,9-10H;1H;/q;;+1/p-1. The van der Waals surface area contributed by atoms with Crippen molar-refractivity contribution in [2.45, 2.75) is 0 Å². The maximum atomic E-state index is 6.10. The van der Waals surface area contributed by atoms with Crippen LogP contribution in [0, 0.1) is 0 Å². The van der Waals surface area contributed by atoms with Crippen LogP contribution in [0.25, 0.3) is 21.5 Å². The molecule has 3 aromatic rings. The van der Waals surface area contributed by atoms with Crippen LogP contribution in [0.4, 0.5) is 0 Å². The van der Waals surface area contributed by atoms with E-state index in [1.165, 1.54) is 25.2 Å². The Hall–Kier alpha value is -0.764. The molecule has 0 aromatic heterocycles. The molecule has 2 heteroatoms. The van der Waals surface area contributed by atoms with Gasteiger partial charge in [-0.2, -0.15) is 0 Å². The van der Waals surface area contributed by atoms with Gasteiger partial charge in [-0.05, 0) is 33.7 Å². The molecule has 0 N–H and O–H groups in total. The third-order valence-corrected chi connectivity index (χ3v) is 4.75. The lowest BCUT2D eigenvalue weighted by Crippen LogP contribution is -2.09. The van der Waals surface area contributed by atoms with E-state index in [9.17, 15) is 0 Å². The fraction of sp³-hybridized carbons (Fsp3) is 0. The molecule has 0 aliphatic rings. The smallest absolute Gasteiger partial charge is 0.336 e. The van der Waals surface area contributed by atoms with E-state index in [2.05, 4.69) is 54.6 Å². The van der Waals surface area contributed by atoms with Gasteiger partial charge in [0, 0.05) is 0 Å². The van der Waals surface area contributed by atoms with Gasteiger partial charge < -0.3 is 9.07 Å². The highest BCUT2D eigenvalue weighted by Gasteiger charge is 2.03. The molecule has 74 valence electrons. The molecule has 0 unspecified atom stereocenters. The van der Waals surface area contributed by atoms with Crippen LogP contribution in [-0.2, 0) is 0 Å². The van der Waals surface area contributed by atoms with Crippen molar-refractivity contribution >= 4 is 53.6 Å². The zero-order valence-electron chi connectivity index (χ0n) is 8.78. The van der Waals surface area contributed by atoms with E-state index < -0.39 is 19.3 Å². The van der Waals surface area contributed by atoms with Gasteiger partial charge in [0.15, 0.2) is 0 Å². The molecular formula is C14H9ClMg. The van der Waals surface area contributed by atoms with Gasteiger partial charge in [-0.15, -0.1) is 3.69 Å². The summed E-state index contributed by atoms with van der Waals surface area (Å²) < 4.78 is 1.34. The van der Waals surface area contributed by atoms with E-state index in [1.807, 2.05) is 0 Å². The van der Waals surface area contributed by atoms with Crippen molar-refractivity contribution < 1.29 is 0 Å². The fourth-order valence-corrected chi connectivity index (χ4v) is 3.52. The van der Waals surface area contributed by atoms with Crippen LogP contribution in [0.1, 0.15) is 0 Å². The summed E-state index contributed by atoms with van der Waals surface area (Å²) in [5.74, 6) is 0. The Bertz CT molecular complexity index is 661. The van der Waals surface area contributed by atoms with Gasteiger partial charge in [0.1, 0.15) is 0 Å². The molecule has 0 aliphatic carbocycles. The molecule has 3 aromatic carbocycles. The highest BCUT2D eigenvalue weighted by Crippen LogP contribution is 2.21. The summed E-state index contributed by atoms with van der Waals surface area (Å²) in [6.45, 7) is 0. The van der Waals surface area contributed by atoms with Crippen LogP contribution in [0.15, 0.2) is 54.6 Å². The average molecular weight is 237 g/mol. The topological polar surface area (TPSA) is 0 Å². The van der Waals surface area contributed by atoms with Crippen LogP contribution in [0.5, 0.6) is 0 Å². The molecule has 3 rings (SSSR count). The minimum absolute atomic E-state index is 0.625. The molecule has 0 fully saturated rings. The molecule has 0 radical (unpaired) electrons. The quantitative estimate of drug-likeness (QED) is 0.449. The normalized spacial score (nSPS) is 10.6. The van der Waals surface area contributed by atoms with Crippen LogP contribution < -0.4 is 3.69 Å². The number of hydrogen-bond donors (Lipinski definition) is 0. The van der Waals surface area contributed by atoms with E-state index in [4.69, 9.17) is 9.07 Å². The Morgan fingerprint density at radius 3 is 2.19 bits per heavy atom. The van der Waals surface area contributed by atoms with Gasteiger partial charge in [0.05, 0.1) is 0 Å². The largest absolute Gasteiger partial charge is 0.539 e. The molecule has 16 heavy (non-hydrogen) atoms. The molecule has 0 atom stereocenters. The van der Waals surface area contributed by atoms with Gasteiger partial charge in [-0.3, -0.25) is 0 Å². The third kappa shape index (κ3) is 1.69. The van der Waals surface area contributed by atoms with Gasteiger partial charge in [0.25, 0.3) is 0 Å². The highest BCUT2D eigenvalue weighted by atomic mass is 35.5. The van der Waals surface area contributed by atoms with Crippen molar-refractivity contribution in [1.82, 2.24) is 0 Å². The second-order valence-electron chi connectivity index (χ2n) is 3.97. The van der Waals surface area contributed by atoms with E-state index >= 15 is 0 Å². The second kappa shape index (κ2) is 4.25. The lowest BCUT2D eigenvalue weighted by molar-refractivity contribution is 1.78. The molecule has 0 spiro atoms. The maximum absolute atomic E-state index is 6.10. The average Bonchev–Trinajstić information content (AvgIpc) is 2.35. The van der Waals surface area contributed by atoms with Gasteiger partial charge >= 0.3 is 19.3 Å². The van der Waals surface area contributed by atoms with E-state index in [0.29, 0.717) is 0 Å². The Morgan fingerprint density at radius 1 is 0.750 bits per heavy atom. The van der Waals surface area contributed by atoms with Crippen molar-refractivity contribution in [3.05, 3.63) is 54.6 Å². The zero-order valence-corrected chi connectivity index (χ0v) is 11.0. The SMILES string of the molecule is [Cl][Mg][c]1cccc2cc3ccccc3cc12. The Labute approximate surface area is 108 Å². The summed E-state index contributed by atoms with van der Waals surface area (Å²) in [4.78, 5) is 0. The maximum Gasteiger partial charge on any atom is 0.539 e. The van der Waals surface area contributed by atoms with Crippen LogP contribution in [0.2, 0.25) is 0 Å². The first-order chi connectivity index (χ1) is 7.88. The van der Waals surface area contributed by atoms with Gasteiger partial charge in [0.2, 0.25) is 0 Å². The number of halogens is 1. The van der Waals surface area contributed by atoms with Gasteiger partial charge in [-0.1, -0.05) is 42.5 Å². The molecule has 0 saturated carbocycles. The Kier molecular flexibility index (Phi) is 2.76.